The number of aliphatic hydroxyl groups excluding tert-OH is 1. The van der Waals surface area contributed by atoms with Crippen molar-refractivity contribution in [1.82, 2.24) is 0 Å². The van der Waals surface area contributed by atoms with Crippen LogP contribution in [-0.4, -0.2) is 24.2 Å². The number of amides is 1. The highest BCUT2D eigenvalue weighted by Crippen LogP contribution is 2.43. The summed E-state index contributed by atoms with van der Waals surface area (Å²) in [5, 5.41) is 10.0. The average molecular weight is 247 g/mol. The Bertz CT molecular complexity index is 458. The maximum Gasteiger partial charge on any atom is 0.237 e. The Morgan fingerprint density at radius 1 is 1.39 bits per heavy atom. The van der Waals surface area contributed by atoms with E-state index in [0.29, 0.717) is 6.42 Å². The van der Waals surface area contributed by atoms with Gasteiger partial charge in [-0.3, -0.25) is 4.79 Å². The van der Waals surface area contributed by atoms with Crippen molar-refractivity contribution in [2.24, 2.45) is 0 Å². The fourth-order valence-electron chi connectivity index (χ4n) is 2.93. The first-order chi connectivity index (χ1) is 8.50. The molecular weight excluding hydrogens is 226 g/mol. The molecule has 1 N–H and O–H groups in total. The van der Waals surface area contributed by atoms with Crippen molar-refractivity contribution in [1.29, 1.82) is 0 Å². The first-order valence-corrected chi connectivity index (χ1v) is 6.56. The van der Waals surface area contributed by atoms with Gasteiger partial charge in [-0.1, -0.05) is 31.5 Å². The number of benzene rings is 1. The third-order valence-corrected chi connectivity index (χ3v) is 3.90. The van der Waals surface area contributed by atoms with Crippen molar-refractivity contribution in [3.63, 3.8) is 0 Å². The molecule has 1 unspecified atom stereocenters. The van der Waals surface area contributed by atoms with Crippen LogP contribution in [0, 0.1) is 0 Å². The summed E-state index contributed by atoms with van der Waals surface area (Å²) >= 11 is 0. The summed E-state index contributed by atoms with van der Waals surface area (Å²) in [6, 6.07) is 7.85. The summed E-state index contributed by atoms with van der Waals surface area (Å²) in [7, 11) is 1.80. The molecule has 0 aliphatic carbocycles. The van der Waals surface area contributed by atoms with Gasteiger partial charge in [-0.25, -0.2) is 0 Å². The van der Waals surface area contributed by atoms with Gasteiger partial charge in [-0.15, -0.1) is 0 Å². The topological polar surface area (TPSA) is 40.5 Å². The predicted octanol–water partition coefficient (Wildman–Crippen LogP) is 2.47. The number of aliphatic hydroxyl groups is 1. The molecule has 2 rings (SSSR count). The Morgan fingerprint density at radius 2 is 2.06 bits per heavy atom. The van der Waals surface area contributed by atoms with Gasteiger partial charge in [0.1, 0.15) is 0 Å². The van der Waals surface area contributed by atoms with E-state index in [0.717, 1.165) is 24.1 Å². The molecule has 0 bridgehead atoms. The molecule has 1 aliphatic heterocycles. The molecule has 2 atom stereocenters. The summed E-state index contributed by atoms with van der Waals surface area (Å²) in [6.07, 6.45) is 1.77. The second-order valence-corrected chi connectivity index (χ2v) is 5.36. The summed E-state index contributed by atoms with van der Waals surface area (Å²) < 4.78 is 0. The number of anilines is 1. The molecule has 0 aromatic heterocycles. The summed E-state index contributed by atoms with van der Waals surface area (Å²) in [6.45, 7) is 3.98. The Morgan fingerprint density at radius 3 is 2.72 bits per heavy atom. The number of hydrogen-bond donors (Lipinski definition) is 1. The Balaban J connectivity index is 2.35. The monoisotopic (exact) mass is 247 g/mol. The Hall–Kier alpha value is -1.35. The van der Waals surface area contributed by atoms with Crippen LogP contribution in [0.4, 0.5) is 5.69 Å². The first kappa shape index (κ1) is 13.1. The van der Waals surface area contributed by atoms with Crippen LogP contribution in [0.2, 0.25) is 0 Å². The largest absolute Gasteiger partial charge is 0.393 e. The van der Waals surface area contributed by atoms with Crippen LogP contribution in [-0.2, 0) is 10.2 Å². The highest BCUT2D eigenvalue weighted by atomic mass is 16.3. The molecule has 0 fully saturated rings. The van der Waals surface area contributed by atoms with Crippen LogP contribution in [0.25, 0.3) is 0 Å². The van der Waals surface area contributed by atoms with Gasteiger partial charge in [-0.2, -0.15) is 0 Å². The van der Waals surface area contributed by atoms with E-state index in [2.05, 4.69) is 0 Å². The molecule has 0 saturated carbocycles. The maximum absolute atomic E-state index is 12.4. The van der Waals surface area contributed by atoms with Gasteiger partial charge in [0.15, 0.2) is 0 Å². The number of carbonyl (C=O) groups is 1. The highest BCUT2D eigenvalue weighted by Gasteiger charge is 2.46. The fourth-order valence-corrected chi connectivity index (χ4v) is 2.93. The lowest BCUT2D eigenvalue weighted by atomic mass is 9.78. The highest BCUT2D eigenvalue weighted by molar-refractivity contribution is 6.07. The molecule has 3 nitrogen and oxygen atoms in total. The molecule has 3 heteroatoms. The quantitative estimate of drug-likeness (QED) is 0.888. The number of fused-ring (bicyclic) bond motifs is 1. The minimum Gasteiger partial charge on any atom is -0.393 e. The molecule has 0 radical (unpaired) electrons. The number of rotatable bonds is 4. The number of carbonyl (C=O) groups excluding carboxylic acids is 1. The molecule has 1 aliphatic rings. The van der Waals surface area contributed by atoms with Gasteiger partial charge in [0.25, 0.3) is 0 Å². The molecule has 1 aromatic carbocycles. The van der Waals surface area contributed by atoms with E-state index in [1.54, 1.807) is 11.9 Å². The van der Waals surface area contributed by atoms with Crippen LogP contribution in [0.3, 0.4) is 0 Å². The lowest BCUT2D eigenvalue weighted by molar-refractivity contribution is -0.123. The zero-order valence-electron chi connectivity index (χ0n) is 11.3. The molecule has 0 saturated heterocycles. The smallest absolute Gasteiger partial charge is 0.237 e. The van der Waals surface area contributed by atoms with E-state index in [-0.39, 0.29) is 5.91 Å². The van der Waals surface area contributed by atoms with Crippen LogP contribution in [0.15, 0.2) is 24.3 Å². The first-order valence-electron chi connectivity index (χ1n) is 6.56. The van der Waals surface area contributed by atoms with E-state index < -0.39 is 11.5 Å². The van der Waals surface area contributed by atoms with Crippen molar-refractivity contribution in [3.05, 3.63) is 29.8 Å². The second kappa shape index (κ2) is 4.73. The zero-order valence-corrected chi connectivity index (χ0v) is 11.3. The van der Waals surface area contributed by atoms with Crippen molar-refractivity contribution in [3.8, 4) is 0 Å². The predicted molar refractivity (Wildman–Crippen MR) is 72.7 cm³/mol. The molecule has 1 heterocycles. The average Bonchev–Trinajstić information content (AvgIpc) is 2.53. The second-order valence-electron chi connectivity index (χ2n) is 5.36. The van der Waals surface area contributed by atoms with Gasteiger partial charge in [-0.05, 0) is 31.4 Å². The van der Waals surface area contributed by atoms with Gasteiger partial charge < -0.3 is 10.0 Å². The van der Waals surface area contributed by atoms with Gasteiger partial charge in [0.2, 0.25) is 5.91 Å². The summed E-state index contributed by atoms with van der Waals surface area (Å²) in [5.74, 6) is 0.0823. The number of likely N-dealkylation sites (N-methyl/N-ethyl adjacent to an activating group) is 1. The third-order valence-electron chi connectivity index (χ3n) is 3.90. The summed E-state index contributed by atoms with van der Waals surface area (Å²) in [4.78, 5) is 14.1. The lowest BCUT2D eigenvalue weighted by Gasteiger charge is -2.26. The van der Waals surface area contributed by atoms with E-state index in [1.807, 2.05) is 38.1 Å². The number of nitrogens with zero attached hydrogens (tertiary/aromatic N) is 1. The van der Waals surface area contributed by atoms with Crippen molar-refractivity contribution in [2.75, 3.05) is 11.9 Å². The molecule has 1 amide bonds. The molecule has 0 spiro atoms. The Labute approximate surface area is 108 Å². The van der Waals surface area contributed by atoms with E-state index in [1.165, 1.54) is 0 Å². The van der Waals surface area contributed by atoms with Crippen LogP contribution in [0.5, 0.6) is 0 Å². The van der Waals surface area contributed by atoms with Gasteiger partial charge in [0.05, 0.1) is 11.5 Å². The molecular formula is C15H21NO2. The minimum atomic E-state index is -0.583. The number of hydrogen-bond acceptors (Lipinski definition) is 2. The van der Waals surface area contributed by atoms with Crippen LogP contribution >= 0.6 is 0 Å². The van der Waals surface area contributed by atoms with E-state index >= 15 is 0 Å². The molecule has 1 aromatic rings. The van der Waals surface area contributed by atoms with E-state index in [9.17, 15) is 9.90 Å². The third kappa shape index (κ3) is 1.93. The summed E-state index contributed by atoms with van der Waals surface area (Å²) in [5.41, 5.74) is 1.42. The SMILES string of the molecule is CCCC(O)C[C@]1(C)C(=O)N(C)c2ccccc21. The van der Waals surface area contributed by atoms with Crippen molar-refractivity contribution < 1.29 is 9.90 Å². The van der Waals surface area contributed by atoms with Crippen LogP contribution < -0.4 is 4.90 Å². The zero-order chi connectivity index (χ0) is 13.3. The van der Waals surface area contributed by atoms with Crippen LogP contribution in [0.1, 0.15) is 38.7 Å². The normalized spacial score (nSPS) is 24.2. The molecule has 98 valence electrons. The number of para-hydroxylation sites is 1. The molecule has 18 heavy (non-hydrogen) atoms. The Kier molecular flexibility index (Phi) is 3.44. The van der Waals surface area contributed by atoms with E-state index in [4.69, 9.17) is 0 Å². The standard InChI is InChI=1S/C15H21NO2/c1-4-7-11(17)10-15(2)12-8-5-6-9-13(12)16(3)14(15)18/h5-6,8-9,11,17H,4,7,10H2,1-3H3/t11?,15-/m0/s1. The van der Waals surface area contributed by atoms with Gasteiger partial charge in [0, 0.05) is 12.7 Å². The lowest BCUT2D eigenvalue weighted by Crippen LogP contribution is -2.38. The fraction of sp³-hybridized carbons (Fsp3) is 0.533. The maximum atomic E-state index is 12.4. The van der Waals surface area contributed by atoms with Gasteiger partial charge >= 0.3 is 0 Å². The van der Waals surface area contributed by atoms with Crippen molar-refractivity contribution >= 4 is 11.6 Å². The minimum absolute atomic E-state index is 0.0823. The van der Waals surface area contributed by atoms with Crippen molar-refractivity contribution in [2.45, 2.75) is 44.6 Å².